The van der Waals surface area contributed by atoms with Crippen molar-refractivity contribution in [2.24, 2.45) is 0 Å². The lowest BCUT2D eigenvalue weighted by molar-refractivity contribution is -0.250. The number of methoxy groups -OCH3 is 1. The molecule has 3 rings (SSSR count). The van der Waals surface area contributed by atoms with Crippen LogP contribution in [0.4, 0.5) is 0 Å². The van der Waals surface area contributed by atoms with Gasteiger partial charge in [0.15, 0.2) is 0 Å². The fourth-order valence-electron chi connectivity index (χ4n) is 2.94. The number of hydrogen-bond acceptors (Lipinski definition) is 7. The van der Waals surface area contributed by atoms with Crippen molar-refractivity contribution in [2.45, 2.75) is 39.0 Å². The second kappa shape index (κ2) is 17.2. The highest BCUT2D eigenvalue weighted by molar-refractivity contribution is 5.88. The van der Waals surface area contributed by atoms with Crippen LogP contribution < -0.4 is 10.1 Å². The molecule has 0 radical (unpaired) electrons. The van der Waals surface area contributed by atoms with E-state index in [9.17, 15) is 9.90 Å². The number of carbonyl (C=O) groups is 1. The van der Waals surface area contributed by atoms with Gasteiger partial charge in [0.2, 0.25) is 0 Å². The van der Waals surface area contributed by atoms with Crippen molar-refractivity contribution in [3.63, 3.8) is 0 Å². The summed E-state index contributed by atoms with van der Waals surface area (Å²) in [6.45, 7) is 5.92. The minimum Gasteiger partial charge on any atom is -0.491 e. The van der Waals surface area contributed by atoms with Crippen LogP contribution in [0.3, 0.4) is 0 Å². The maximum atomic E-state index is 11.5. The van der Waals surface area contributed by atoms with Gasteiger partial charge in [-0.05, 0) is 41.8 Å². The van der Waals surface area contributed by atoms with E-state index in [1.807, 2.05) is 74.5 Å². The zero-order valence-corrected chi connectivity index (χ0v) is 21.3. The fraction of sp³-hybridized carbons (Fsp3) is 0.345. The van der Waals surface area contributed by atoms with E-state index in [0.717, 1.165) is 24.3 Å². The van der Waals surface area contributed by atoms with Crippen molar-refractivity contribution in [1.29, 1.82) is 0 Å². The Morgan fingerprint density at radius 2 is 1.53 bits per heavy atom. The zero-order valence-electron chi connectivity index (χ0n) is 21.3. The first-order valence-electron chi connectivity index (χ1n) is 12.0. The molecule has 7 nitrogen and oxygen atoms in total. The lowest BCUT2D eigenvalue weighted by Gasteiger charge is -2.15. The Morgan fingerprint density at radius 3 is 2.14 bits per heavy atom. The summed E-state index contributed by atoms with van der Waals surface area (Å²) >= 11 is 0. The van der Waals surface area contributed by atoms with Crippen LogP contribution in [0.25, 0.3) is 0 Å². The zero-order chi connectivity index (χ0) is 26.0. The van der Waals surface area contributed by atoms with Crippen molar-refractivity contribution >= 4 is 5.97 Å². The topological polar surface area (TPSA) is 86.2 Å². The maximum Gasteiger partial charge on any atom is 0.373 e. The Kier molecular flexibility index (Phi) is 13.9. The van der Waals surface area contributed by atoms with E-state index in [1.165, 1.54) is 5.56 Å². The molecule has 1 unspecified atom stereocenters. The third-order valence-electron chi connectivity index (χ3n) is 4.93. The summed E-state index contributed by atoms with van der Waals surface area (Å²) in [6, 6.07) is 26.5. The van der Waals surface area contributed by atoms with Crippen LogP contribution in [0.5, 0.6) is 5.75 Å². The molecule has 3 aromatic rings. The number of rotatable bonds is 13. The van der Waals surface area contributed by atoms with Gasteiger partial charge in [-0.1, -0.05) is 74.5 Å². The summed E-state index contributed by atoms with van der Waals surface area (Å²) in [4.78, 5) is 21.1. The van der Waals surface area contributed by atoms with Gasteiger partial charge in [0.1, 0.15) is 25.1 Å². The van der Waals surface area contributed by atoms with Crippen molar-refractivity contribution in [3.8, 4) is 5.75 Å². The molecular weight excluding hydrogens is 458 g/mol. The number of aliphatic hydroxyl groups is 1. The van der Waals surface area contributed by atoms with Crippen LogP contribution in [0.2, 0.25) is 0 Å². The van der Waals surface area contributed by atoms with E-state index in [2.05, 4.69) is 5.32 Å². The van der Waals surface area contributed by atoms with Crippen LogP contribution in [-0.2, 0) is 27.5 Å². The van der Waals surface area contributed by atoms with E-state index in [1.54, 1.807) is 31.4 Å². The van der Waals surface area contributed by atoms with Crippen LogP contribution >= 0.6 is 0 Å². The van der Waals surface area contributed by atoms with E-state index in [4.69, 9.17) is 19.2 Å². The predicted octanol–water partition coefficient (Wildman–Crippen LogP) is 4.59. The van der Waals surface area contributed by atoms with Crippen molar-refractivity contribution in [2.75, 3.05) is 26.9 Å². The molecule has 2 N–H and O–H groups in total. The van der Waals surface area contributed by atoms with Crippen LogP contribution in [0.15, 0.2) is 84.9 Å². The van der Waals surface area contributed by atoms with Crippen LogP contribution in [0.1, 0.15) is 35.3 Å². The maximum absolute atomic E-state index is 11.5. The number of aliphatic hydroxyl groups excluding tert-OH is 1. The highest BCUT2D eigenvalue weighted by atomic mass is 17.2. The monoisotopic (exact) mass is 495 g/mol. The molecule has 0 aromatic heterocycles. The summed E-state index contributed by atoms with van der Waals surface area (Å²) in [5.41, 5.74) is 2.64. The van der Waals surface area contributed by atoms with E-state index in [0.29, 0.717) is 24.8 Å². The normalized spacial score (nSPS) is 11.4. The van der Waals surface area contributed by atoms with Crippen molar-refractivity contribution in [1.82, 2.24) is 5.32 Å². The van der Waals surface area contributed by atoms with Gasteiger partial charge in [0.25, 0.3) is 0 Å². The molecule has 0 amide bonds. The third kappa shape index (κ3) is 12.5. The Bertz CT molecular complexity index is 964. The second-order valence-corrected chi connectivity index (χ2v) is 8.40. The van der Waals surface area contributed by atoms with Gasteiger partial charge in [-0.15, -0.1) is 0 Å². The first kappa shape index (κ1) is 29.0. The van der Waals surface area contributed by atoms with Gasteiger partial charge < -0.3 is 19.9 Å². The Hall–Kier alpha value is -3.23. The summed E-state index contributed by atoms with van der Waals surface area (Å²) in [6.07, 6.45) is 0.410. The largest absolute Gasteiger partial charge is 0.491 e. The van der Waals surface area contributed by atoms with Gasteiger partial charge in [-0.2, -0.15) is 4.89 Å². The molecule has 0 aliphatic carbocycles. The molecule has 0 heterocycles. The minimum atomic E-state index is -0.490. The molecule has 0 aliphatic heterocycles. The SMILES string of the molecule is COCCc1ccc(OCC(O)CNC(C)C)cc1.O=C(OOCc1ccccc1)c1ccccc1. The molecule has 0 spiro atoms. The molecule has 1 atom stereocenters. The fourth-order valence-corrected chi connectivity index (χ4v) is 2.94. The third-order valence-corrected chi connectivity index (χ3v) is 4.93. The average molecular weight is 496 g/mol. The predicted molar refractivity (Wildman–Crippen MR) is 140 cm³/mol. The molecule has 7 heteroatoms. The van der Waals surface area contributed by atoms with Crippen molar-refractivity contribution in [3.05, 3.63) is 102 Å². The van der Waals surface area contributed by atoms with Gasteiger partial charge >= 0.3 is 5.97 Å². The first-order valence-corrected chi connectivity index (χ1v) is 12.0. The van der Waals surface area contributed by atoms with Crippen molar-refractivity contribution < 1.29 is 29.1 Å². The quantitative estimate of drug-likeness (QED) is 0.265. The summed E-state index contributed by atoms with van der Waals surface area (Å²) in [5.74, 6) is 0.297. The van der Waals surface area contributed by atoms with E-state index < -0.39 is 12.1 Å². The lowest BCUT2D eigenvalue weighted by atomic mass is 10.1. The highest BCUT2D eigenvalue weighted by Crippen LogP contribution is 2.13. The second-order valence-electron chi connectivity index (χ2n) is 8.40. The van der Waals surface area contributed by atoms with Crippen LogP contribution in [-0.4, -0.2) is 50.1 Å². The molecule has 0 bridgehead atoms. The minimum absolute atomic E-state index is 0.249. The standard InChI is InChI=1S/C15H25NO3.C14H12O3/c1-12(2)16-10-14(17)11-19-15-6-4-13(5-7-15)8-9-18-3;15-14(13-9-5-2-6-10-13)17-16-11-12-7-3-1-4-8-12/h4-7,12,14,16-17H,8-11H2,1-3H3;1-10H,11H2. The molecule has 36 heavy (non-hydrogen) atoms. The van der Waals surface area contributed by atoms with Gasteiger partial charge in [0, 0.05) is 19.7 Å². The summed E-state index contributed by atoms with van der Waals surface area (Å²) in [5, 5.41) is 12.9. The number of benzene rings is 3. The van der Waals surface area contributed by atoms with Gasteiger partial charge in [-0.25, -0.2) is 4.79 Å². The Labute approximate surface area is 213 Å². The average Bonchev–Trinajstić information content (AvgIpc) is 2.91. The number of nitrogens with one attached hydrogen (secondary N) is 1. The highest BCUT2D eigenvalue weighted by Gasteiger charge is 2.07. The molecule has 194 valence electrons. The number of hydrogen-bond donors (Lipinski definition) is 2. The summed E-state index contributed by atoms with van der Waals surface area (Å²) < 4.78 is 10.6. The number of carbonyl (C=O) groups excluding carboxylic acids is 1. The molecular formula is C29H37NO6. The van der Waals surface area contributed by atoms with E-state index in [-0.39, 0.29) is 6.61 Å². The lowest BCUT2D eigenvalue weighted by Crippen LogP contribution is -2.35. The van der Waals surface area contributed by atoms with E-state index >= 15 is 0 Å². The number of ether oxygens (including phenoxy) is 2. The molecule has 3 aromatic carbocycles. The molecule has 0 saturated carbocycles. The van der Waals surface area contributed by atoms with Crippen LogP contribution in [0, 0.1) is 0 Å². The van der Waals surface area contributed by atoms with Gasteiger partial charge in [-0.3, -0.25) is 4.89 Å². The molecule has 0 aliphatic rings. The smallest absolute Gasteiger partial charge is 0.373 e. The molecule has 0 fully saturated rings. The summed E-state index contributed by atoms with van der Waals surface area (Å²) in [7, 11) is 1.70. The first-order chi connectivity index (χ1) is 17.5. The Morgan fingerprint density at radius 1 is 0.889 bits per heavy atom. The van der Waals surface area contributed by atoms with Gasteiger partial charge in [0.05, 0.1) is 12.2 Å². The molecule has 0 saturated heterocycles. The Balaban J connectivity index is 0.000000255.